The molecule has 0 bridgehead atoms. The van der Waals surface area contributed by atoms with E-state index in [1.807, 2.05) is 0 Å². The van der Waals surface area contributed by atoms with Gasteiger partial charge in [0.2, 0.25) is 11.8 Å². The first-order valence-electron chi connectivity index (χ1n) is 8.34. The lowest BCUT2D eigenvalue weighted by Crippen LogP contribution is -2.46. The van der Waals surface area contributed by atoms with E-state index in [1.54, 1.807) is 19.1 Å². The molecule has 2 atom stereocenters. The summed E-state index contributed by atoms with van der Waals surface area (Å²) in [7, 11) is 0. The predicted molar refractivity (Wildman–Crippen MR) is 85.5 cm³/mol. The number of nitrogens with one attached hydrogen (secondary N) is 2. The summed E-state index contributed by atoms with van der Waals surface area (Å²) in [5, 5.41) is 14.8. The summed E-state index contributed by atoms with van der Waals surface area (Å²) in [6.45, 7) is 1.38. The Morgan fingerprint density at radius 3 is 2.65 bits per heavy atom. The second-order valence-corrected chi connectivity index (χ2v) is 6.26. The number of carbonyl (C=O) groups is 2. The Morgan fingerprint density at radius 1 is 1.30 bits per heavy atom. The molecule has 0 saturated heterocycles. The van der Waals surface area contributed by atoms with Crippen molar-refractivity contribution in [3.05, 3.63) is 24.2 Å². The minimum absolute atomic E-state index is 0.0851. The van der Waals surface area contributed by atoms with Crippen molar-refractivity contribution in [2.45, 2.75) is 57.5 Å². The van der Waals surface area contributed by atoms with Gasteiger partial charge >= 0.3 is 0 Å². The Kier molecular flexibility index (Phi) is 6.65. The van der Waals surface area contributed by atoms with E-state index < -0.39 is 12.1 Å². The molecule has 2 unspecified atom stereocenters. The minimum atomic E-state index is -0.643. The molecule has 3 N–H and O–H groups in total. The zero-order valence-corrected chi connectivity index (χ0v) is 13.6. The molecule has 1 aliphatic carbocycles. The number of carbonyl (C=O) groups excluding carboxylic acids is 2. The second kappa shape index (κ2) is 8.72. The lowest BCUT2D eigenvalue weighted by atomic mass is 9.87. The van der Waals surface area contributed by atoms with Gasteiger partial charge in [0.05, 0.1) is 12.9 Å². The Morgan fingerprint density at radius 2 is 2.04 bits per heavy atom. The maximum atomic E-state index is 12.2. The third-order valence-electron chi connectivity index (χ3n) is 4.36. The van der Waals surface area contributed by atoms with Gasteiger partial charge in [0, 0.05) is 6.42 Å². The smallest absolute Gasteiger partial charge is 0.242 e. The van der Waals surface area contributed by atoms with Gasteiger partial charge in [-0.15, -0.1) is 0 Å². The number of aliphatic hydroxyl groups excluding tert-OH is 1. The van der Waals surface area contributed by atoms with E-state index in [0.717, 1.165) is 12.8 Å². The summed E-state index contributed by atoms with van der Waals surface area (Å²) in [4.78, 5) is 24.2. The van der Waals surface area contributed by atoms with Crippen LogP contribution in [0.2, 0.25) is 0 Å². The van der Waals surface area contributed by atoms with Crippen LogP contribution < -0.4 is 10.6 Å². The average molecular weight is 322 g/mol. The van der Waals surface area contributed by atoms with Gasteiger partial charge in [-0.1, -0.05) is 19.3 Å². The van der Waals surface area contributed by atoms with Crippen LogP contribution in [0.4, 0.5) is 0 Å². The number of amides is 2. The summed E-state index contributed by atoms with van der Waals surface area (Å²) in [6.07, 6.45) is 7.80. The maximum Gasteiger partial charge on any atom is 0.242 e. The third-order valence-corrected chi connectivity index (χ3v) is 4.36. The fourth-order valence-corrected chi connectivity index (χ4v) is 3.01. The average Bonchev–Trinajstić information content (AvgIpc) is 3.07. The van der Waals surface area contributed by atoms with E-state index in [4.69, 9.17) is 4.42 Å². The largest absolute Gasteiger partial charge is 0.467 e. The highest BCUT2D eigenvalue weighted by Gasteiger charge is 2.23. The van der Waals surface area contributed by atoms with Crippen molar-refractivity contribution in [1.82, 2.24) is 10.6 Å². The topological polar surface area (TPSA) is 91.6 Å². The van der Waals surface area contributed by atoms with Crippen LogP contribution in [0.15, 0.2) is 22.8 Å². The van der Waals surface area contributed by atoms with Crippen LogP contribution in [0.1, 0.15) is 57.3 Å². The molecule has 23 heavy (non-hydrogen) atoms. The zero-order chi connectivity index (χ0) is 16.7. The van der Waals surface area contributed by atoms with Crippen molar-refractivity contribution < 1.29 is 19.1 Å². The highest BCUT2D eigenvalue weighted by molar-refractivity contribution is 5.87. The van der Waals surface area contributed by atoms with E-state index in [2.05, 4.69) is 10.6 Å². The number of hydrogen-bond donors (Lipinski definition) is 3. The molecule has 0 spiro atoms. The van der Waals surface area contributed by atoms with Gasteiger partial charge in [-0.25, -0.2) is 0 Å². The summed E-state index contributed by atoms with van der Waals surface area (Å²) in [5.41, 5.74) is 0. The molecule has 1 fully saturated rings. The first-order valence-corrected chi connectivity index (χ1v) is 8.34. The van der Waals surface area contributed by atoms with Gasteiger partial charge in [0.15, 0.2) is 0 Å². The van der Waals surface area contributed by atoms with Crippen LogP contribution in [-0.2, 0) is 9.59 Å². The van der Waals surface area contributed by atoms with Crippen LogP contribution in [0, 0.1) is 5.92 Å². The van der Waals surface area contributed by atoms with Crippen LogP contribution in [0.3, 0.4) is 0 Å². The molecule has 6 heteroatoms. The van der Waals surface area contributed by atoms with E-state index in [1.165, 1.54) is 25.5 Å². The standard InChI is InChI=1S/C17H26N2O4/c1-12(18-16(21)10-13-6-3-2-4-7-13)17(22)19-14(11-20)15-8-5-9-23-15/h5,8-9,12-14,20H,2-4,6-7,10-11H2,1H3,(H,18,21)(H,19,22). The molecular weight excluding hydrogens is 296 g/mol. The van der Waals surface area contributed by atoms with E-state index in [0.29, 0.717) is 18.1 Å². The quantitative estimate of drug-likeness (QED) is 0.715. The SMILES string of the molecule is CC(NC(=O)CC1CCCCC1)C(=O)NC(CO)c1ccco1. The number of aliphatic hydroxyl groups is 1. The first-order chi connectivity index (χ1) is 11.1. The Balaban J connectivity index is 1.78. The fourth-order valence-electron chi connectivity index (χ4n) is 3.01. The molecule has 1 aromatic rings. The monoisotopic (exact) mass is 322 g/mol. The van der Waals surface area contributed by atoms with E-state index in [9.17, 15) is 14.7 Å². The molecular formula is C17H26N2O4. The summed E-state index contributed by atoms with van der Waals surface area (Å²) < 4.78 is 5.19. The number of hydrogen-bond acceptors (Lipinski definition) is 4. The van der Waals surface area contributed by atoms with Gasteiger partial charge in [-0.05, 0) is 37.8 Å². The van der Waals surface area contributed by atoms with Gasteiger partial charge in [-0.3, -0.25) is 9.59 Å². The van der Waals surface area contributed by atoms with E-state index in [-0.39, 0.29) is 18.4 Å². The normalized spacial score (nSPS) is 18.2. The number of furan rings is 1. The Bertz CT molecular complexity index is 495. The van der Waals surface area contributed by atoms with Crippen molar-refractivity contribution in [2.75, 3.05) is 6.61 Å². The molecule has 128 valence electrons. The first kappa shape index (κ1) is 17.5. The highest BCUT2D eigenvalue weighted by Crippen LogP contribution is 2.26. The second-order valence-electron chi connectivity index (χ2n) is 6.26. The predicted octanol–water partition coefficient (Wildman–Crippen LogP) is 1.90. The van der Waals surface area contributed by atoms with Gasteiger partial charge < -0.3 is 20.2 Å². The summed E-state index contributed by atoms with van der Waals surface area (Å²) in [5.74, 6) is 0.504. The molecule has 0 radical (unpaired) electrons. The number of rotatable bonds is 7. The van der Waals surface area contributed by atoms with Gasteiger partial charge in [-0.2, -0.15) is 0 Å². The lowest BCUT2D eigenvalue weighted by Gasteiger charge is -2.22. The minimum Gasteiger partial charge on any atom is -0.467 e. The molecule has 0 aliphatic heterocycles. The fraction of sp³-hybridized carbons (Fsp3) is 0.647. The highest BCUT2D eigenvalue weighted by atomic mass is 16.3. The summed E-state index contributed by atoms with van der Waals surface area (Å²) in [6, 6.07) is 2.14. The molecule has 1 aromatic heterocycles. The molecule has 2 amide bonds. The molecule has 6 nitrogen and oxygen atoms in total. The van der Waals surface area contributed by atoms with Crippen molar-refractivity contribution in [2.24, 2.45) is 5.92 Å². The van der Waals surface area contributed by atoms with Crippen molar-refractivity contribution >= 4 is 11.8 Å². The Hall–Kier alpha value is -1.82. The summed E-state index contributed by atoms with van der Waals surface area (Å²) >= 11 is 0. The van der Waals surface area contributed by atoms with Crippen molar-refractivity contribution in [1.29, 1.82) is 0 Å². The lowest BCUT2D eigenvalue weighted by molar-refractivity contribution is -0.129. The molecule has 2 rings (SSSR count). The molecule has 1 saturated carbocycles. The van der Waals surface area contributed by atoms with Crippen LogP contribution in [0.25, 0.3) is 0 Å². The molecule has 1 aliphatic rings. The van der Waals surface area contributed by atoms with Gasteiger partial charge in [0.1, 0.15) is 17.8 Å². The van der Waals surface area contributed by atoms with Crippen LogP contribution >= 0.6 is 0 Å². The third kappa shape index (κ3) is 5.39. The Labute approximate surface area is 136 Å². The maximum absolute atomic E-state index is 12.2. The van der Waals surface area contributed by atoms with E-state index >= 15 is 0 Å². The van der Waals surface area contributed by atoms with Crippen molar-refractivity contribution in [3.8, 4) is 0 Å². The molecule has 1 heterocycles. The van der Waals surface area contributed by atoms with Gasteiger partial charge in [0.25, 0.3) is 0 Å². The zero-order valence-electron chi connectivity index (χ0n) is 13.6. The van der Waals surface area contributed by atoms with Crippen LogP contribution in [0.5, 0.6) is 0 Å². The van der Waals surface area contributed by atoms with Crippen LogP contribution in [-0.4, -0.2) is 29.6 Å². The molecule has 0 aromatic carbocycles. The van der Waals surface area contributed by atoms with Crippen molar-refractivity contribution in [3.63, 3.8) is 0 Å².